The second kappa shape index (κ2) is 9.55. The largest absolute Gasteiger partial charge is 0.493 e. The molecule has 1 aliphatic rings. The summed E-state index contributed by atoms with van der Waals surface area (Å²) in [6.07, 6.45) is 3.91. The monoisotopic (exact) mass is 493 g/mol. The predicted molar refractivity (Wildman–Crippen MR) is 142 cm³/mol. The summed E-state index contributed by atoms with van der Waals surface area (Å²) in [5.41, 5.74) is 3.22. The van der Waals surface area contributed by atoms with Crippen molar-refractivity contribution in [2.75, 3.05) is 20.5 Å². The number of hydrogen-bond donors (Lipinski definition) is 0. The fraction of sp³-hybridized carbons (Fsp3) is 0.393. The average molecular weight is 494 g/mol. The highest BCUT2D eigenvalue weighted by Crippen LogP contribution is 2.42. The van der Waals surface area contributed by atoms with E-state index in [0.29, 0.717) is 35.0 Å². The molecule has 0 bridgehead atoms. The van der Waals surface area contributed by atoms with E-state index in [1.807, 2.05) is 43.3 Å². The van der Waals surface area contributed by atoms with E-state index in [1.165, 1.54) is 0 Å². The molecule has 2 aromatic carbocycles. The van der Waals surface area contributed by atoms with Crippen molar-refractivity contribution in [3.8, 4) is 17.2 Å². The molecule has 0 unspecified atom stereocenters. The van der Waals surface area contributed by atoms with Gasteiger partial charge >= 0.3 is 0 Å². The number of hydrogen-bond acceptors (Lipinski definition) is 5. The molecule has 4 rings (SSSR count). The minimum atomic E-state index is -1.77. The molecule has 0 aliphatic carbocycles. The lowest BCUT2D eigenvalue weighted by atomic mass is 10.0. The number of benzene rings is 2. The number of ketones is 1. The van der Waals surface area contributed by atoms with Gasteiger partial charge in [-0.1, -0.05) is 20.8 Å². The lowest BCUT2D eigenvalue weighted by Crippen LogP contribution is -2.41. The minimum absolute atomic E-state index is 0.0162. The summed E-state index contributed by atoms with van der Waals surface area (Å²) in [5.74, 6) is 1.79. The van der Waals surface area contributed by atoms with Crippen LogP contribution in [0.3, 0.4) is 0 Å². The summed E-state index contributed by atoms with van der Waals surface area (Å²) in [6.45, 7) is 14.8. The number of fused-ring (bicyclic) bond motifs is 2. The summed E-state index contributed by atoms with van der Waals surface area (Å²) in [5, 5.41) is 1.23. The smallest absolute Gasteiger partial charge is 0.231 e. The molecule has 6 nitrogen and oxygen atoms in total. The molecular weight excluding hydrogens is 458 g/mol. The second-order valence-corrected chi connectivity index (χ2v) is 15.3. The number of aromatic nitrogens is 1. The molecule has 0 fully saturated rings. The van der Waals surface area contributed by atoms with Crippen molar-refractivity contribution in [2.45, 2.75) is 52.4 Å². The number of carbonyl (C=O) groups is 1. The van der Waals surface area contributed by atoms with Crippen molar-refractivity contribution in [3.63, 3.8) is 0 Å². The Labute approximate surface area is 208 Å². The Hall–Kier alpha value is -3.03. The summed E-state index contributed by atoms with van der Waals surface area (Å²) < 4.78 is 24.9. The number of nitrogens with zero attached hydrogens (tertiary/aromatic N) is 1. The third kappa shape index (κ3) is 5.16. The van der Waals surface area contributed by atoms with Crippen molar-refractivity contribution in [1.29, 1.82) is 0 Å². The van der Waals surface area contributed by atoms with Crippen molar-refractivity contribution in [3.05, 3.63) is 59.3 Å². The first-order valence-electron chi connectivity index (χ1n) is 11.9. The third-order valence-electron chi connectivity index (χ3n) is 7.06. The molecule has 35 heavy (non-hydrogen) atoms. The zero-order valence-corrected chi connectivity index (χ0v) is 22.7. The number of ether oxygens (including phenoxy) is 3. The van der Waals surface area contributed by atoms with E-state index in [2.05, 4.69) is 50.7 Å². The van der Waals surface area contributed by atoms with Crippen LogP contribution in [0.5, 0.6) is 17.2 Å². The Morgan fingerprint density at radius 3 is 2.63 bits per heavy atom. The summed E-state index contributed by atoms with van der Waals surface area (Å²) in [7, 11) is -0.187. The van der Waals surface area contributed by atoms with E-state index < -0.39 is 8.32 Å². The molecule has 0 saturated heterocycles. The van der Waals surface area contributed by atoms with Crippen LogP contribution in [0.15, 0.2) is 48.2 Å². The fourth-order valence-corrected chi connectivity index (χ4v) is 4.96. The van der Waals surface area contributed by atoms with Gasteiger partial charge in [-0.3, -0.25) is 4.79 Å². The van der Waals surface area contributed by atoms with Crippen molar-refractivity contribution < 1.29 is 23.4 Å². The molecule has 186 valence electrons. The van der Waals surface area contributed by atoms with E-state index >= 15 is 0 Å². The Balaban J connectivity index is 1.49. The van der Waals surface area contributed by atoms with E-state index in [4.69, 9.17) is 18.6 Å². The van der Waals surface area contributed by atoms with Gasteiger partial charge in [0.25, 0.3) is 0 Å². The molecule has 1 aromatic heterocycles. The highest BCUT2D eigenvalue weighted by atomic mass is 28.4. The first-order valence-corrected chi connectivity index (χ1v) is 14.8. The second-order valence-electron chi connectivity index (χ2n) is 10.5. The van der Waals surface area contributed by atoms with Gasteiger partial charge in [0.1, 0.15) is 0 Å². The van der Waals surface area contributed by atoms with Crippen LogP contribution in [-0.4, -0.2) is 39.2 Å². The number of allylic oxidation sites excluding steroid dienone is 1. The van der Waals surface area contributed by atoms with Crippen LogP contribution >= 0.6 is 0 Å². The van der Waals surface area contributed by atoms with Gasteiger partial charge in [0.05, 0.1) is 13.7 Å². The number of rotatable bonds is 8. The molecule has 0 N–H and O–H groups in total. The van der Waals surface area contributed by atoms with Crippen LogP contribution in [0.2, 0.25) is 18.1 Å². The fourth-order valence-electron chi connectivity index (χ4n) is 3.93. The Morgan fingerprint density at radius 1 is 1.14 bits per heavy atom. The SMILES string of the molecule is COc1cc(C=C(C)C(=O)c2ccc3c(ccn3CCO[Si](C)(C)C(C)(C)C)c2)cc2c1OCO2. The van der Waals surface area contributed by atoms with Crippen LogP contribution in [-0.2, 0) is 11.0 Å². The number of methoxy groups -OCH3 is 1. The van der Waals surface area contributed by atoms with E-state index in [1.54, 1.807) is 7.11 Å². The highest BCUT2D eigenvalue weighted by Gasteiger charge is 2.36. The van der Waals surface area contributed by atoms with Gasteiger partial charge in [-0.15, -0.1) is 0 Å². The van der Waals surface area contributed by atoms with Gasteiger partial charge in [0.2, 0.25) is 12.5 Å². The van der Waals surface area contributed by atoms with Crippen molar-refractivity contribution in [1.82, 2.24) is 4.57 Å². The summed E-state index contributed by atoms with van der Waals surface area (Å²) in [6, 6.07) is 11.6. The molecule has 0 radical (unpaired) electrons. The predicted octanol–water partition coefficient (Wildman–Crippen LogP) is 6.69. The third-order valence-corrected chi connectivity index (χ3v) is 11.6. The first-order chi connectivity index (χ1) is 16.5. The van der Waals surface area contributed by atoms with Crippen LogP contribution in [0.25, 0.3) is 17.0 Å². The quantitative estimate of drug-likeness (QED) is 0.199. The Bertz CT molecular complexity index is 1280. The number of carbonyl (C=O) groups excluding carboxylic acids is 1. The van der Waals surface area contributed by atoms with Gasteiger partial charge < -0.3 is 23.2 Å². The zero-order chi connectivity index (χ0) is 25.4. The summed E-state index contributed by atoms with van der Waals surface area (Å²) >= 11 is 0. The molecule has 2 heterocycles. The summed E-state index contributed by atoms with van der Waals surface area (Å²) in [4.78, 5) is 13.2. The molecule has 0 saturated carbocycles. The molecule has 0 spiro atoms. The standard InChI is InChI=1S/C28H35NO5Si/c1-19(14-20-15-24(31-5)27-25(16-20)32-18-33-27)26(30)22-8-9-23-21(17-22)10-11-29(23)12-13-34-35(6,7)28(2,3)4/h8-11,14-17H,12-13,18H2,1-7H3. The van der Waals surface area contributed by atoms with Crippen LogP contribution in [0, 0.1) is 0 Å². The first kappa shape index (κ1) is 25.1. The van der Waals surface area contributed by atoms with Crippen LogP contribution < -0.4 is 14.2 Å². The maximum Gasteiger partial charge on any atom is 0.231 e. The minimum Gasteiger partial charge on any atom is -0.493 e. The van der Waals surface area contributed by atoms with E-state index in [-0.39, 0.29) is 17.6 Å². The topological polar surface area (TPSA) is 58.9 Å². The van der Waals surface area contributed by atoms with Gasteiger partial charge in [-0.2, -0.15) is 0 Å². The van der Waals surface area contributed by atoms with E-state index in [0.717, 1.165) is 23.0 Å². The van der Waals surface area contributed by atoms with E-state index in [9.17, 15) is 4.79 Å². The maximum absolute atomic E-state index is 13.2. The van der Waals surface area contributed by atoms with Crippen LogP contribution in [0.1, 0.15) is 43.6 Å². The molecule has 3 aromatic rings. The van der Waals surface area contributed by atoms with Crippen molar-refractivity contribution >= 4 is 31.1 Å². The molecule has 1 aliphatic heterocycles. The molecule has 7 heteroatoms. The lowest BCUT2D eigenvalue weighted by Gasteiger charge is -2.36. The highest BCUT2D eigenvalue weighted by molar-refractivity contribution is 6.74. The van der Waals surface area contributed by atoms with Gasteiger partial charge in [-0.25, -0.2) is 0 Å². The lowest BCUT2D eigenvalue weighted by molar-refractivity contribution is 0.103. The maximum atomic E-state index is 13.2. The molecule has 0 atom stereocenters. The van der Waals surface area contributed by atoms with Crippen molar-refractivity contribution in [2.24, 2.45) is 0 Å². The Kier molecular flexibility index (Phi) is 6.84. The zero-order valence-electron chi connectivity index (χ0n) is 21.7. The normalized spacial score (nSPS) is 14.0. The number of Topliss-reactive ketones (excluding diaryl/α,β-unsaturated/α-hetero) is 1. The molecule has 0 amide bonds. The van der Waals surface area contributed by atoms with Gasteiger partial charge in [0.15, 0.2) is 25.6 Å². The Morgan fingerprint density at radius 2 is 1.91 bits per heavy atom. The van der Waals surface area contributed by atoms with Crippen LogP contribution in [0.4, 0.5) is 0 Å². The van der Waals surface area contributed by atoms with Gasteiger partial charge in [-0.05, 0) is 78.7 Å². The average Bonchev–Trinajstić information content (AvgIpc) is 3.43. The van der Waals surface area contributed by atoms with Gasteiger partial charge in [0, 0.05) is 29.2 Å². The molecular formula is C28H35NO5Si.